The summed E-state index contributed by atoms with van der Waals surface area (Å²) in [5.74, 6) is -1.13. The molecule has 1 fully saturated rings. The van der Waals surface area contributed by atoms with E-state index in [1.54, 1.807) is 17.0 Å². The number of hydrogen-bond acceptors (Lipinski definition) is 3. The Morgan fingerprint density at radius 2 is 2.10 bits per heavy atom. The van der Waals surface area contributed by atoms with Crippen LogP contribution in [0.3, 0.4) is 0 Å². The highest BCUT2D eigenvalue weighted by Crippen LogP contribution is 2.24. The van der Waals surface area contributed by atoms with E-state index in [4.69, 9.17) is 5.11 Å². The number of nitrogens with one attached hydrogen (secondary N) is 1. The molecule has 2 rings (SSSR count). The monoisotopic (exact) mass is 277 g/mol. The number of nitrogens with zero attached hydrogens (tertiary/aromatic N) is 2. The van der Waals surface area contributed by atoms with Crippen LogP contribution in [0.4, 0.5) is 0 Å². The Bertz CT molecular complexity index is 513. The van der Waals surface area contributed by atoms with Crippen LogP contribution in [-0.4, -0.2) is 32.8 Å². The fourth-order valence-corrected chi connectivity index (χ4v) is 2.43. The largest absolute Gasteiger partial charge is 0.481 e. The zero-order valence-electron chi connectivity index (χ0n) is 11.5. The summed E-state index contributed by atoms with van der Waals surface area (Å²) in [4.78, 5) is 22.6. The molecule has 0 saturated heterocycles. The van der Waals surface area contributed by atoms with Gasteiger partial charge in [-0.15, -0.1) is 0 Å². The predicted molar refractivity (Wildman–Crippen MR) is 73.8 cm³/mol. The lowest BCUT2D eigenvalue weighted by atomic mass is 9.86. The normalized spacial score (nSPS) is 22.9. The Balaban J connectivity index is 1.78. The molecule has 6 heteroatoms. The maximum Gasteiger partial charge on any atom is 0.306 e. The molecule has 20 heavy (non-hydrogen) atoms. The van der Waals surface area contributed by atoms with Gasteiger partial charge in [0.1, 0.15) is 0 Å². The Morgan fingerprint density at radius 1 is 1.40 bits per heavy atom. The van der Waals surface area contributed by atoms with Gasteiger partial charge in [0.05, 0.1) is 12.1 Å². The quantitative estimate of drug-likeness (QED) is 0.810. The summed E-state index contributed by atoms with van der Waals surface area (Å²) in [7, 11) is 1.82. The predicted octanol–water partition coefficient (Wildman–Crippen LogP) is 1.19. The van der Waals surface area contributed by atoms with Gasteiger partial charge in [0.2, 0.25) is 5.91 Å². The fraction of sp³-hybridized carbons (Fsp3) is 0.500. The van der Waals surface area contributed by atoms with Gasteiger partial charge >= 0.3 is 5.97 Å². The van der Waals surface area contributed by atoms with E-state index in [1.165, 1.54) is 6.08 Å². The molecular weight excluding hydrogens is 258 g/mol. The third kappa shape index (κ3) is 3.94. The zero-order valence-corrected chi connectivity index (χ0v) is 11.5. The first-order valence-corrected chi connectivity index (χ1v) is 6.74. The highest BCUT2D eigenvalue weighted by atomic mass is 16.4. The number of aromatic nitrogens is 2. The minimum atomic E-state index is -0.730. The van der Waals surface area contributed by atoms with Crippen molar-refractivity contribution in [1.29, 1.82) is 0 Å². The van der Waals surface area contributed by atoms with Gasteiger partial charge in [0, 0.05) is 30.9 Å². The van der Waals surface area contributed by atoms with Gasteiger partial charge < -0.3 is 10.4 Å². The topological polar surface area (TPSA) is 84.2 Å². The summed E-state index contributed by atoms with van der Waals surface area (Å²) < 4.78 is 1.67. The molecule has 2 N–H and O–H groups in total. The van der Waals surface area contributed by atoms with Crippen LogP contribution in [0.5, 0.6) is 0 Å². The van der Waals surface area contributed by atoms with E-state index in [0.29, 0.717) is 12.8 Å². The second-order valence-electron chi connectivity index (χ2n) is 5.18. The van der Waals surface area contributed by atoms with E-state index >= 15 is 0 Å². The third-order valence-corrected chi connectivity index (χ3v) is 3.57. The lowest BCUT2D eigenvalue weighted by molar-refractivity contribution is -0.142. The van der Waals surface area contributed by atoms with Gasteiger partial charge in [-0.2, -0.15) is 5.10 Å². The van der Waals surface area contributed by atoms with Crippen LogP contribution in [0.25, 0.3) is 6.08 Å². The molecule has 1 aliphatic rings. The summed E-state index contributed by atoms with van der Waals surface area (Å²) in [6, 6.07) is 0.0802. The number of carbonyl (C=O) groups excluding carboxylic acids is 1. The molecule has 1 heterocycles. The highest BCUT2D eigenvalue weighted by Gasteiger charge is 2.26. The average Bonchev–Trinajstić information content (AvgIpc) is 2.83. The summed E-state index contributed by atoms with van der Waals surface area (Å²) in [5, 5.41) is 15.8. The number of rotatable bonds is 4. The summed E-state index contributed by atoms with van der Waals surface area (Å²) in [6.45, 7) is 0. The maximum atomic E-state index is 11.8. The Labute approximate surface area is 117 Å². The number of amides is 1. The highest BCUT2D eigenvalue weighted by molar-refractivity contribution is 5.91. The van der Waals surface area contributed by atoms with Crippen molar-refractivity contribution < 1.29 is 14.7 Å². The number of carboxylic acid groups (broad SMARTS) is 1. The van der Waals surface area contributed by atoms with E-state index in [2.05, 4.69) is 10.4 Å². The van der Waals surface area contributed by atoms with Crippen molar-refractivity contribution in [3.05, 3.63) is 24.0 Å². The number of carbonyl (C=O) groups is 2. The Kier molecular flexibility index (Phi) is 4.55. The molecule has 0 aliphatic heterocycles. The SMILES string of the molecule is Cn1cc(/C=C/C(=O)NC2CCC(C(=O)O)CC2)cn1. The lowest BCUT2D eigenvalue weighted by Crippen LogP contribution is -2.37. The van der Waals surface area contributed by atoms with Crippen molar-refractivity contribution >= 4 is 18.0 Å². The van der Waals surface area contributed by atoms with Gasteiger partial charge in [-0.25, -0.2) is 0 Å². The molecule has 1 amide bonds. The zero-order chi connectivity index (χ0) is 14.5. The Hall–Kier alpha value is -2.11. The van der Waals surface area contributed by atoms with Crippen molar-refractivity contribution in [1.82, 2.24) is 15.1 Å². The van der Waals surface area contributed by atoms with Crippen LogP contribution in [0.2, 0.25) is 0 Å². The first kappa shape index (κ1) is 14.3. The molecule has 1 aromatic heterocycles. The van der Waals surface area contributed by atoms with Gasteiger partial charge in [-0.3, -0.25) is 14.3 Å². The molecule has 1 aliphatic carbocycles. The summed E-state index contributed by atoms with van der Waals surface area (Å²) >= 11 is 0. The van der Waals surface area contributed by atoms with Crippen LogP contribution in [0.1, 0.15) is 31.2 Å². The molecule has 0 bridgehead atoms. The standard InChI is InChI=1S/C14H19N3O3/c1-17-9-10(8-15-17)2-7-13(18)16-12-5-3-11(4-6-12)14(19)20/h2,7-9,11-12H,3-6H2,1H3,(H,16,18)(H,19,20)/b7-2+. The van der Waals surface area contributed by atoms with Crippen molar-refractivity contribution in [2.45, 2.75) is 31.7 Å². The van der Waals surface area contributed by atoms with Crippen LogP contribution in [0.15, 0.2) is 18.5 Å². The number of carboxylic acids is 1. The smallest absolute Gasteiger partial charge is 0.306 e. The molecule has 0 spiro atoms. The van der Waals surface area contributed by atoms with Gasteiger partial charge in [-0.1, -0.05) is 0 Å². The maximum absolute atomic E-state index is 11.8. The van der Waals surface area contributed by atoms with Crippen LogP contribution >= 0.6 is 0 Å². The van der Waals surface area contributed by atoms with Gasteiger partial charge in [-0.05, 0) is 31.8 Å². The minimum Gasteiger partial charge on any atom is -0.481 e. The first-order chi connectivity index (χ1) is 9.54. The van der Waals surface area contributed by atoms with Crippen molar-refractivity contribution in [3.63, 3.8) is 0 Å². The number of aryl methyl sites for hydroxylation is 1. The average molecular weight is 277 g/mol. The summed E-state index contributed by atoms with van der Waals surface area (Å²) in [6.07, 6.45) is 9.42. The van der Waals surface area contributed by atoms with E-state index in [1.807, 2.05) is 13.2 Å². The summed E-state index contributed by atoms with van der Waals surface area (Å²) in [5.41, 5.74) is 0.872. The van der Waals surface area contributed by atoms with Crippen molar-refractivity contribution in [2.75, 3.05) is 0 Å². The molecule has 0 aromatic carbocycles. The molecule has 0 radical (unpaired) electrons. The van der Waals surface area contributed by atoms with E-state index in [-0.39, 0.29) is 17.9 Å². The second-order valence-corrected chi connectivity index (χ2v) is 5.18. The molecule has 0 atom stereocenters. The Morgan fingerprint density at radius 3 is 2.65 bits per heavy atom. The second kappa shape index (κ2) is 6.36. The molecule has 6 nitrogen and oxygen atoms in total. The minimum absolute atomic E-state index is 0.0802. The van der Waals surface area contributed by atoms with Gasteiger partial charge in [0.25, 0.3) is 0 Å². The molecule has 1 aromatic rings. The van der Waals surface area contributed by atoms with Gasteiger partial charge in [0.15, 0.2) is 0 Å². The van der Waals surface area contributed by atoms with Crippen molar-refractivity contribution in [3.8, 4) is 0 Å². The van der Waals surface area contributed by atoms with Crippen molar-refractivity contribution in [2.24, 2.45) is 13.0 Å². The van der Waals surface area contributed by atoms with E-state index in [9.17, 15) is 9.59 Å². The third-order valence-electron chi connectivity index (χ3n) is 3.57. The number of hydrogen-bond donors (Lipinski definition) is 2. The van der Waals surface area contributed by atoms with Crippen LogP contribution in [0, 0.1) is 5.92 Å². The molecule has 108 valence electrons. The number of aliphatic carboxylic acids is 1. The molecular formula is C14H19N3O3. The lowest BCUT2D eigenvalue weighted by Gasteiger charge is -2.26. The molecule has 0 unspecified atom stereocenters. The fourth-order valence-electron chi connectivity index (χ4n) is 2.43. The van der Waals surface area contributed by atoms with E-state index in [0.717, 1.165) is 18.4 Å². The van der Waals surface area contributed by atoms with E-state index < -0.39 is 5.97 Å². The van der Waals surface area contributed by atoms with Crippen LogP contribution in [-0.2, 0) is 16.6 Å². The van der Waals surface area contributed by atoms with Crippen LogP contribution < -0.4 is 5.32 Å². The molecule has 1 saturated carbocycles. The first-order valence-electron chi connectivity index (χ1n) is 6.74.